The molecule has 1 saturated heterocycles. The van der Waals surface area contributed by atoms with E-state index in [1.807, 2.05) is 7.05 Å². The average Bonchev–Trinajstić information content (AvgIpc) is 2.40. The fourth-order valence-corrected chi connectivity index (χ4v) is 1.94. The second-order valence-electron chi connectivity index (χ2n) is 3.90. The van der Waals surface area contributed by atoms with Gasteiger partial charge < -0.3 is 19.7 Å². The molecule has 1 aliphatic heterocycles. The molecule has 1 atom stereocenters. The van der Waals surface area contributed by atoms with Crippen LogP contribution in [0.5, 0.6) is 5.88 Å². The summed E-state index contributed by atoms with van der Waals surface area (Å²) in [7, 11) is 3.53. The van der Waals surface area contributed by atoms with E-state index in [9.17, 15) is 0 Å². The molecule has 1 fully saturated rings. The van der Waals surface area contributed by atoms with E-state index in [0.29, 0.717) is 12.5 Å². The maximum Gasteiger partial charge on any atom is 0.233 e. The van der Waals surface area contributed by atoms with Crippen LogP contribution in [0.1, 0.15) is 0 Å². The molecule has 1 N–H and O–H groups in total. The van der Waals surface area contributed by atoms with E-state index >= 15 is 0 Å². The summed E-state index contributed by atoms with van der Waals surface area (Å²) in [6.45, 7) is 3.12. The first-order valence-corrected chi connectivity index (χ1v) is 5.70. The lowest BCUT2D eigenvalue weighted by molar-refractivity contribution is 0.0938. The number of anilines is 1. The number of likely N-dealkylation sites (N-methyl/N-ethyl adjacent to an activating group) is 1. The summed E-state index contributed by atoms with van der Waals surface area (Å²) < 4.78 is 10.6. The second-order valence-corrected chi connectivity index (χ2v) is 3.90. The van der Waals surface area contributed by atoms with Gasteiger partial charge in [0, 0.05) is 13.1 Å². The van der Waals surface area contributed by atoms with Crippen molar-refractivity contribution in [2.75, 3.05) is 45.4 Å². The second kappa shape index (κ2) is 5.79. The third-order valence-electron chi connectivity index (χ3n) is 2.77. The van der Waals surface area contributed by atoms with E-state index in [-0.39, 0.29) is 6.04 Å². The predicted molar refractivity (Wildman–Crippen MR) is 64.5 cm³/mol. The van der Waals surface area contributed by atoms with Crippen LogP contribution >= 0.6 is 0 Å². The van der Waals surface area contributed by atoms with Gasteiger partial charge in [-0.05, 0) is 7.05 Å². The third kappa shape index (κ3) is 2.83. The Bertz CT molecular complexity index is 359. The van der Waals surface area contributed by atoms with Crippen molar-refractivity contribution < 1.29 is 9.47 Å². The number of aromatic nitrogens is 2. The van der Waals surface area contributed by atoms with Crippen molar-refractivity contribution in [3.05, 3.63) is 12.4 Å². The van der Waals surface area contributed by atoms with Crippen LogP contribution in [0.15, 0.2) is 12.4 Å². The summed E-state index contributed by atoms with van der Waals surface area (Å²) in [5.74, 6) is 1.38. The van der Waals surface area contributed by atoms with Crippen molar-refractivity contribution in [3.8, 4) is 5.88 Å². The minimum atomic E-state index is 0.287. The molecule has 6 nitrogen and oxygen atoms in total. The summed E-state index contributed by atoms with van der Waals surface area (Å²) in [6.07, 6.45) is 3.37. The van der Waals surface area contributed by atoms with Gasteiger partial charge in [-0.3, -0.25) is 4.98 Å². The highest BCUT2D eigenvalue weighted by Crippen LogP contribution is 2.18. The number of morpholine rings is 1. The largest absolute Gasteiger partial charge is 0.480 e. The molecule has 0 aromatic carbocycles. The Balaban J connectivity index is 2.16. The predicted octanol–water partition coefficient (Wildman–Crippen LogP) is -0.0902. The number of hydrogen-bond acceptors (Lipinski definition) is 6. The monoisotopic (exact) mass is 238 g/mol. The van der Waals surface area contributed by atoms with Gasteiger partial charge in [0.15, 0.2) is 5.82 Å². The molecular weight excluding hydrogens is 220 g/mol. The summed E-state index contributed by atoms with van der Waals surface area (Å²) in [5.41, 5.74) is 0. The third-order valence-corrected chi connectivity index (χ3v) is 2.77. The molecule has 0 amide bonds. The smallest absolute Gasteiger partial charge is 0.233 e. The van der Waals surface area contributed by atoms with Crippen LogP contribution < -0.4 is 15.0 Å². The first-order chi connectivity index (χ1) is 8.35. The van der Waals surface area contributed by atoms with Crippen molar-refractivity contribution in [3.63, 3.8) is 0 Å². The highest BCUT2D eigenvalue weighted by atomic mass is 16.5. The van der Waals surface area contributed by atoms with Gasteiger partial charge in [-0.2, -0.15) is 4.98 Å². The van der Waals surface area contributed by atoms with Crippen LogP contribution in [0.3, 0.4) is 0 Å². The van der Waals surface area contributed by atoms with Crippen molar-refractivity contribution in [1.82, 2.24) is 15.3 Å². The Morgan fingerprint density at radius 2 is 2.47 bits per heavy atom. The minimum Gasteiger partial charge on any atom is -0.480 e. The Hall–Kier alpha value is -1.40. The molecule has 1 aromatic rings. The topological polar surface area (TPSA) is 59.5 Å². The van der Waals surface area contributed by atoms with Crippen LogP contribution in [0.25, 0.3) is 0 Å². The van der Waals surface area contributed by atoms with E-state index in [1.165, 1.54) is 0 Å². The number of methoxy groups -OCH3 is 1. The summed E-state index contributed by atoms with van der Waals surface area (Å²) in [6, 6.07) is 0.287. The van der Waals surface area contributed by atoms with Crippen molar-refractivity contribution >= 4 is 5.82 Å². The van der Waals surface area contributed by atoms with Gasteiger partial charge in [-0.15, -0.1) is 0 Å². The van der Waals surface area contributed by atoms with E-state index in [2.05, 4.69) is 20.2 Å². The molecule has 17 heavy (non-hydrogen) atoms. The highest BCUT2D eigenvalue weighted by molar-refractivity contribution is 5.39. The zero-order valence-corrected chi connectivity index (χ0v) is 10.2. The number of rotatable bonds is 4. The van der Waals surface area contributed by atoms with Gasteiger partial charge in [-0.1, -0.05) is 0 Å². The zero-order valence-electron chi connectivity index (χ0n) is 10.2. The summed E-state index contributed by atoms with van der Waals surface area (Å²) >= 11 is 0. The van der Waals surface area contributed by atoms with Crippen LogP contribution in [0.4, 0.5) is 5.82 Å². The normalized spacial score (nSPS) is 20.4. The summed E-state index contributed by atoms with van der Waals surface area (Å²) in [4.78, 5) is 10.7. The molecule has 94 valence electrons. The van der Waals surface area contributed by atoms with Crippen LogP contribution in [-0.2, 0) is 4.74 Å². The lowest BCUT2D eigenvalue weighted by Gasteiger charge is -2.36. The maximum absolute atomic E-state index is 5.48. The number of hydrogen-bond donors (Lipinski definition) is 1. The molecule has 0 aliphatic carbocycles. The molecule has 1 unspecified atom stereocenters. The van der Waals surface area contributed by atoms with E-state index in [4.69, 9.17) is 9.47 Å². The van der Waals surface area contributed by atoms with E-state index in [0.717, 1.165) is 25.5 Å². The zero-order chi connectivity index (χ0) is 12.1. The van der Waals surface area contributed by atoms with E-state index < -0.39 is 0 Å². The van der Waals surface area contributed by atoms with E-state index in [1.54, 1.807) is 19.5 Å². The molecule has 1 aliphatic rings. The molecule has 0 radical (unpaired) electrons. The molecular formula is C11H18N4O2. The molecule has 0 saturated carbocycles. The SMILES string of the molecule is CNCC1COCCN1c1cncc(OC)n1. The fraction of sp³-hybridized carbons (Fsp3) is 0.636. The quantitative estimate of drug-likeness (QED) is 0.791. The van der Waals surface area contributed by atoms with Crippen LogP contribution in [0.2, 0.25) is 0 Å². The lowest BCUT2D eigenvalue weighted by Crippen LogP contribution is -2.50. The van der Waals surface area contributed by atoms with Crippen molar-refractivity contribution in [1.29, 1.82) is 0 Å². The number of nitrogens with one attached hydrogen (secondary N) is 1. The van der Waals surface area contributed by atoms with Crippen molar-refractivity contribution in [2.45, 2.75) is 6.04 Å². The molecule has 2 rings (SSSR count). The van der Waals surface area contributed by atoms with Gasteiger partial charge in [-0.25, -0.2) is 0 Å². The lowest BCUT2D eigenvalue weighted by atomic mass is 10.2. The minimum absolute atomic E-state index is 0.287. The number of nitrogens with zero attached hydrogens (tertiary/aromatic N) is 3. The average molecular weight is 238 g/mol. The van der Waals surface area contributed by atoms with Crippen LogP contribution in [-0.4, -0.2) is 56.5 Å². The molecule has 0 spiro atoms. The molecule has 1 aromatic heterocycles. The molecule has 0 bridgehead atoms. The summed E-state index contributed by atoms with van der Waals surface area (Å²) in [5, 5.41) is 3.16. The first-order valence-electron chi connectivity index (χ1n) is 5.70. The number of ether oxygens (including phenoxy) is 2. The van der Waals surface area contributed by atoms with Gasteiger partial charge in [0.1, 0.15) is 0 Å². The highest BCUT2D eigenvalue weighted by Gasteiger charge is 2.24. The maximum atomic E-state index is 5.48. The Labute approximate surface area is 101 Å². The Morgan fingerprint density at radius 1 is 1.59 bits per heavy atom. The standard InChI is InChI=1S/C11H18N4O2/c1-12-5-9-8-17-4-3-15(9)10-6-13-7-11(14-10)16-2/h6-7,9,12H,3-5,8H2,1-2H3. The molecule has 2 heterocycles. The first kappa shape index (κ1) is 12.1. The van der Waals surface area contributed by atoms with Gasteiger partial charge in [0.2, 0.25) is 5.88 Å². The van der Waals surface area contributed by atoms with Gasteiger partial charge in [0.25, 0.3) is 0 Å². The van der Waals surface area contributed by atoms with Gasteiger partial charge in [0.05, 0.1) is 38.8 Å². The Kier molecular flexibility index (Phi) is 4.11. The molecule has 6 heteroatoms. The van der Waals surface area contributed by atoms with Crippen LogP contribution in [0, 0.1) is 0 Å². The van der Waals surface area contributed by atoms with Gasteiger partial charge >= 0.3 is 0 Å². The fourth-order valence-electron chi connectivity index (χ4n) is 1.94. The van der Waals surface area contributed by atoms with Crippen molar-refractivity contribution in [2.24, 2.45) is 0 Å². The Morgan fingerprint density at radius 3 is 3.24 bits per heavy atom.